The van der Waals surface area contributed by atoms with Crippen LogP contribution in [0.15, 0.2) is 18.2 Å². The van der Waals surface area contributed by atoms with E-state index < -0.39 is 5.54 Å². The summed E-state index contributed by atoms with van der Waals surface area (Å²) in [6.07, 6.45) is 1.52. The minimum atomic E-state index is -0.642. The molecular formula is C12H14ClNO2. The van der Waals surface area contributed by atoms with E-state index in [2.05, 4.69) is 0 Å². The van der Waals surface area contributed by atoms with Crippen LogP contribution < -0.4 is 10.5 Å². The van der Waals surface area contributed by atoms with Crippen molar-refractivity contribution in [3.63, 3.8) is 0 Å². The number of hydrogen-bond donors (Lipinski definition) is 1. The van der Waals surface area contributed by atoms with Crippen LogP contribution in [0.2, 0.25) is 5.02 Å². The fraction of sp³-hybridized carbons (Fsp3) is 0.417. The number of carbonyl (C=O) groups excluding carboxylic acids is 1. The van der Waals surface area contributed by atoms with Crippen molar-refractivity contribution in [1.82, 2.24) is 0 Å². The zero-order chi connectivity index (χ0) is 11.8. The Morgan fingerprint density at radius 2 is 2.25 bits per heavy atom. The molecule has 0 unspecified atom stereocenters. The first-order chi connectivity index (χ1) is 7.57. The first-order valence-corrected chi connectivity index (χ1v) is 5.70. The third-order valence-electron chi connectivity index (χ3n) is 2.73. The minimum absolute atomic E-state index is 0.0301. The number of Topliss-reactive ketones (excluding diaryl/α,β-unsaturated/α-hetero) is 1. The summed E-state index contributed by atoms with van der Waals surface area (Å²) in [7, 11) is 0. The third-order valence-corrected chi connectivity index (χ3v) is 3.03. The molecule has 0 heterocycles. The van der Waals surface area contributed by atoms with Crippen molar-refractivity contribution in [2.45, 2.75) is 25.3 Å². The first kappa shape index (κ1) is 11.4. The van der Waals surface area contributed by atoms with Crippen LogP contribution >= 0.6 is 11.6 Å². The molecule has 0 aliphatic heterocycles. The zero-order valence-corrected chi connectivity index (χ0v) is 9.88. The molecule has 2 N–H and O–H groups in total. The Balaban J connectivity index is 2.24. The Kier molecular flexibility index (Phi) is 2.91. The predicted molar refractivity (Wildman–Crippen MR) is 63.1 cm³/mol. The predicted octanol–water partition coefficient (Wildman–Crippen LogP) is 2.41. The van der Waals surface area contributed by atoms with Crippen LogP contribution in [0.25, 0.3) is 0 Å². The van der Waals surface area contributed by atoms with E-state index in [1.165, 1.54) is 0 Å². The van der Waals surface area contributed by atoms with Crippen LogP contribution in [0.1, 0.15) is 30.1 Å². The highest BCUT2D eigenvalue weighted by Crippen LogP contribution is 2.36. The van der Waals surface area contributed by atoms with Gasteiger partial charge in [-0.05, 0) is 38.0 Å². The Morgan fingerprint density at radius 3 is 2.75 bits per heavy atom. The van der Waals surface area contributed by atoms with Crippen LogP contribution in [-0.2, 0) is 0 Å². The summed E-state index contributed by atoms with van der Waals surface area (Å²) in [6.45, 7) is 2.43. The minimum Gasteiger partial charge on any atom is -0.492 e. The Bertz CT molecular complexity index is 427. The van der Waals surface area contributed by atoms with Crippen molar-refractivity contribution in [3.05, 3.63) is 28.8 Å². The van der Waals surface area contributed by atoms with Gasteiger partial charge in [0.2, 0.25) is 0 Å². The van der Waals surface area contributed by atoms with Crippen molar-refractivity contribution in [2.75, 3.05) is 6.61 Å². The molecule has 0 bridgehead atoms. The smallest absolute Gasteiger partial charge is 0.182 e. The van der Waals surface area contributed by atoms with Crippen LogP contribution in [0.4, 0.5) is 0 Å². The van der Waals surface area contributed by atoms with Gasteiger partial charge < -0.3 is 10.5 Å². The highest BCUT2D eigenvalue weighted by Gasteiger charge is 2.46. The van der Waals surface area contributed by atoms with Gasteiger partial charge >= 0.3 is 0 Å². The molecule has 1 aliphatic carbocycles. The van der Waals surface area contributed by atoms with Crippen LogP contribution in [0.3, 0.4) is 0 Å². The number of ketones is 1. The second kappa shape index (κ2) is 4.07. The summed E-state index contributed by atoms with van der Waals surface area (Å²) >= 11 is 6.00. The van der Waals surface area contributed by atoms with Crippen molar-refractivity contribution >= 4 is 17.4 Å². The largest absolute Gasteiger partial charge is 0.492 e. The average Bonchev–Trinajstić information content (AvgIpc) is 3.00. The lowest BCUT2D eigenvalue weighted by atomic mass is 10.0. The highest BCUT2D eigenvalue weighted by atomic mass is 35.5. The third kappa shape index (κ3) is 2.06. The SMILES string of the molecule is CCOc1ccc(C(=O)C2(N)CC2)cc1Cl. The molecular weight excluding hydrogens is 226 g/mol. The first-order valence-electron chi connectivity index (χ1n) is 5.33. The summed E-state index contributed by atoms with van der Waals surface area (Å²) in [6, 6.07) is 5.05. The maximum Gasteiger partial charge on any atom is 0.182 e. The normalized spacial score (nSPS) is 16.9. The van der Waals surface area contributed by atoms with Gasteiger partial charge in [-0.15, -0.1) is 0 Å². The van der Waals surface area contributed by atoms with Gasteiger partial charge in [-0.1, -0.05) is 11.6 Å². The number of nitrogens with two attached hydrogens (primary N) is 1. The fourth-order valence-electron chi connectivity index (χ4n) is 1.56. The van der Waals surface area contributed by atoms with Gasteiger partial charge in [0.25, 0.3) is 0 Å². The number of benzene rings is 1. The molecule has 1 saturated carbocycles. The summed E-state index contributed by atoms with van der Waals surface area (Å²) < 4.78 is 5.30. The molecule has 0 aromatic heterocycles. The van der Waals surface area contributed by atoms with E-state index in [9.17, 15) is 4.79 Å². The maximum atomic E-state index is 11.9. The monoisotopic (exact) mass is 239 g/mol. The lowest BCUT2D eigenvalue weighted by Gasteiger charge is -2.10. The van der Waals surface area contributed by atoms with E-state index in [0.717, 1.165) is 12.8 Å². The van der Waals surface area contributed by atoms with Crippen molar-refractivity contribution in [2.24, 2.45) is 5.73 Å². The molecule has 1 fully saturated rings. The van der Waals surface area contributed by atoms with E-state index in [4.69, 9.17) is 22.1 Å². The van der Waals surface area contributed by atoms with Crippen molar-refractivity contribution < 1.29 is 9.53 Å². The maximum absolute atomic E-state index is 11.9. The molecule has 0 amide bonds. The summed E-state index contributed by atoms with van der Waals surface area (Å²) in [5.41, 5.74) is 5.77. The molecule has 1 aromatic carbocycles. The Labute approximate surface area is 99.5 Å². The van der Waals surface area contributed by atoms with Crippen molar-refractivity contribution in [3.8, 4) is 5.75 Å². The lowest BCUT2D eigenvalue weighted by molar-refractivity contribution is 0.0949. The van der Waals surface area contributed by atoms with E-state index in [0.29, 0.717) is 22.9 Å². The van der Waals surface area contributed by atoms with E-state index in [-0.39, 0.29) is 5.78 Å². The van der Waals surface area contributed by atoms with Gasteiger partial charge in [0.05, 0.1) is 17.2 Å². The van der Waals surface area contributed by atoms with E-state index in [1.807, 2.05) is 6.92 Å². The number of rotatable bonds is 4. The molecule has 0 radical (unpaired) electrons. The van der Waals surface area contributed by atoms with E-state index in [1.54, 1.807) is 18.2 Å². The molecule has 0 saturated heterocycles. The molecule has 1 aliphatic rings. The van der Waals surface area contributed by atoms with Gasteiger partial charge in [-0.2, -0.15) is 0 Å². The second-order valence-corrected chi connectivity index (χ2v) is 4.47. The van der Waals surface area contributed by atoms with Gasteiger partial charge in [0, 0.05) is 5.56 Å². The molecule has 0 atom stereocenters. The number of hydrogen-bond acceptors (Lipinski definition) is 3. The lowest BCUT2D eigenvalue weighted by Crippen LogP contribution is -2.32. The molecule has 1 aromatic rings. The van der Waals surface area contributed by atoms with E-state index >= 15 is 0 Å². The number of ether oxygens (including phenoxy) is 1. The fourth-order valence-corrected chi connectivity index (χ4v) is 1.80. The average molecular weight is 240 g/mol. The molecule has 0 spiro atoms. The van der Waals surface area contributed by atoms with Gasteiger partial charge in [0.15, 0.2) is 5.78 Å². The number of carbonyl (C=O) groups is 1. The second-order valence-electron chi connectivity index (χ2n) is 4.06. The Hall–Kier alpha value is -1.06. The summed E-state index contributed by atoms with van der Waals surface area (Å²) in [4.78, 5) is 11.9. The Morgan fingerprint density at radius 1 is 1.56 bits per heavy atom. The summed E-state index contributed by atoms with van der Waals surface area (Å²) in [5, 5.41) is 0.456. The van der Waals surface area contributed by atoms with Crippen molar-refractivity contribution in [1.29, 1.82) is 0 Å². The van der Waals surface area contributed by atoms with Gasteiger partial charge in [-0.25, -0.2) is 0 Å². The van der Waals surface area contributed by atoms with Crippen LogP contribution in [0.5, 0.6) is 5.75 Å². The quantitative estimate of drug-likeness (QED) is 0.821. The summed E-state index contributed by atoms with van der Waals surface area (Å²) in [5.74, 6) is 0.569. The highest BCUT2D eigenvalue weighted by molar-refractivity contribution is 6.32. The van der Waals surface area contributed by atoms with Gasteiger partial charge in [0.1, 0.15) is 5.75 Å². The van der Waals surface area contributed by atoms with Crippen LogP contribution in [-0.4, -0.2) is 17.9 Å². The number of halogens is 1. The van der Waals surface area contributed by atoms with Crippen LogP contribution in [0, 0.1) is 0 Å². The van der Waals surface area contributed by atoms with Gasteiger partial charge in [-0.3, -0.25) is 4.79 Å². The standard InChI is InChI=1S/C12H14ClNO2/c1-2-16-10-4-3-8(7-9(10)13)11(15)12(14)5-6-12/h3-4,7H,2,5-6,14H2,1H3. The molecule has 16 heavy (non-hydrogen) atoms. The molecule has 2 rings (SSSR count). The topological polar surface area (TPSA) is 52.3 Å². The zero-order valence-electron chi connectivity index (χ0n) is 9.13. The molecule has 3 nitrogen and oxygen atoms in total. The molecule has 86 valence electrons. The molecule has 4 heteroatoms.